The van der Waals surface area contributed by atoms with Crippen molar-refractivity contribution in [1.82, 2.24) is 5.32 Å². The van der Waals surface area contributed by atoms with Gasteiger partial charge in [0.1, 0.15) is 11.6 Å². The molecule has 1 aliphatic heterocycles. The van der Waals surface area contributed by atoms with Crippen LogP contribution in [0.2, 0.25) is 0 Å². The van der Waals surface area contributed by atoms with E-state index in [1.54, 1.807) is 13.8 Å². The Morgan fingerprint density at radius 2 is 2.19 bits per heavy atom. The average Bonchev–Trinajstić information content (AvgIpc) is 2.16. The van der Waals surface area contributed by atoms with E-state index in [0.717, 1.165) is 0 Å². The van der Waals surface area contributed by atoms with Gasteiger partial charge in [0.15, 0.2) is 0 Å². The number of ether oxygens (including phenoxy) is 3. The van der Waals surface area contributed by atoms with Crippen molar-refractivity contribution in [3.05, 3.63) is 0 Å². The van der Waals surface area contributed by atoms with Gasteiger partial charge in [0.25, 0.3) is 0 Å². The maximum Gasteiger partial charge on any atom is 0.328 e. The van der Waals surface area contributed by atoms with E-state index in [4.69, 9.17) is 14.2 Å². The molecule has 5 heteroatoms. The van der Waals surface area contributed by atoms with Gasteiger partial charge in [-0.3, -0.25) is 0 Å². The van der Waals surface area contributed by atoms with E-state index in [2.05, 4.69) is 5.32 Å². The lowest BCUT2D eigenvalue weighted by atomic mass is 10.0. The minimum Gasteiger partial charge on any atom is -0.465 e. The summed E-state index contributed by atoms with van der Waals surface area (Å²) in [6.07, 6.45) is 0.118. The van der Waals surface area contributed by atoms with Crippen LogP contribution in [0.4, 0.5) is 0 Å². The Morgan fingerprint density at radius 1 is 1.50 bits per heavy atom. The molecule has 5 nitrogen and oxygen atoms in total. The van der Waals surface area contributed by atoms with Gasteiger partial charge >= 0.3 is 5.97 Å². The summed E-state index contributed by atoms with van der Waals surface area (Å²) < 4.78 is 15.6. The van der Waals surface area contributed by atoms with Gasteiger partial charge in [-0.05, 0) is 20.4 Å². The molecule has 1 saturated heterocycles. The molecule has 1 fully saturated rings. The average molecular weight is 231 g/mol. The molecule has 1 rings (SSSR count). The molecule has 0 aromatic rings. The van der Waals surface area contributed by atoms with Crippen molar-refractivity contribution in [3.63, 3.8) is 0 Å². The molecule has 1 aliphatic rings. The summed E-state index contributed by atoms with van der Waals surface area (Å²) >= 11 is 0. The predicted molar refractivity (Wildman–Crippen MR) is 59.3 cm³/mol. The van der Waals surface area contributed by atoms with Gasteiger partial charge in [-0.1, -0.05) is 6.92 Å². The summed E-state index contributed by atoms with van der Waals surface area (Å²) in [5.74, 6) is -0.267. The predicted octanol–water partition coefficient (Wildman–Crippen LogP) is 0.333. The molecule has 1 atom stereocenters. The number of rotatable bonds is 7. The Bertz CT molecular complexity index is 230. The summed E-state index contributed by atoms with van der Waals surface area (Å²) in [5.41, 5.74) is -0.764. The zero-order valence-corrected chi connectivity index (χ0v) is 10.2. The van der Waals surface area contributed by atoms with Crippen molar-refractivity contribution in [1.29, 1.82) is 0 Å². The summed E-state index contributed by atoms with van der Waals surface area (Å²) in [4.78, 5) is 11.8. The van der Waals surface area contributed by atoms with Crippen LogP contribution in [-0.4, -0.2) is 50.6 Å². The van der Waals surface area contributed by atoms with Crippen molar-refractivity contribution in [3.8, 4) is 0 Å². The topological polar surface area (TPSA) is 56.8 Å². The Kier molecular flexibility index (Phi) is 5.18. The summed E-state index contributed by atoms with van der Waals surface area (Å²) in [6.45, 7) is 8.17. The molecule has 94 valence electrons. The normalized spacial score (nSPS) is 19.9. The van der Waals surface area contributed by atoms with Crippen LogP contribution in [0.5, 0.6) is 0 Å². The molecular weight excluding hydrogens is 210 g/mol. The van der Waals surface area contributed by atoms with E-state index in [1.165, 1.54) is 0 Å². The highest BCUT2D eigenvalue weighted by atomic mass is 16.6. The van der Waals surface area contributed by atoms with Crippen LogP contribution in [0.1, 0.15) is 20.8 Å². The first-order valence-corrected chi connectivity index (χ1v) is 5.74. The second-order valence-corrected chi connectivity index (χ2v) is 4.05. The molecule has 16 heavy (non-hydrogen) atoms. The maximum atomic E-state index is 11.8. The first-order valence-electron chi connectivity index (χ1n) is 5.74. The first-order chi connectivity index (χ1) is 7.62. The van der Waals surface area contributed by atoms with Crippen LogP contribution < -0.4 is 5.32 Å². The van der Waals surface area contributed by atoms with Gasteiger partial charge in [-0.25, -0.2) is 4.79 Å². The maximum absolute atomic E-state index is 11.8. The second kappa shape index (κ2) is 6.18. The van der Waals surface area contributed by atoms with Crippen LogP contribution in [0.15, 0.2) is 0 Å². The van der Waals surface area contributed by atoms with Crippen LogP contribution in [0.25, 0.3) is 0 Å². The molecule has 0 amide bonds. The van der Waals surface area contributed by atoms with E-state index < -0.39 is 5.54 Å². The number of hydrogen-bond acceptors (Lipinski definition) is 5. The number of carbonyl (C=O) groups excluding carboxylic acids is 1. The molecule has 1 unspecified atom stereocenters. The fraction of sp³-hybridized carbons (Fsp3) is 0.909. The lowest BCUT2D eigenvalue weighted by molar-refractivity contribution is -0.164. The molecule has 1 N–H and O–H groups in total. The van der Waals surface area contributed by atoms with Gasteiger partial charge in [0.05, 0.1) is 26.4 Å². The van der Waals surface area contributed by atoms with Crippen LogP contribution in [0, 0.1) is 0 Å². The highest BCUT2D eigenvalue weighted by molar-refractivity contribution is 5.80. The Balaban J connectivity index is 2.44. The van der Waals surface area contributed by atoms with Crippen LogP contribution in [0.3, 0.4) is 0 Å². The van der Waals surface area contributed by atoms with E-state index in [-0.39, 0.29) is 12.1 Å². The van der Waals surface area contributed by atoms with Crippen LogP contribution >= 0.6 is 0 Å². The fourth-order valence-corrected chi connectivity index (χ4v) is 1.46. The monoisotopic (exact) mass is 231 g/mol. The Hall–Kier alpha value is -0.650. The van der Waals surface area contributed by atoms with E-state index >= 15 is 0 Å². The van der Waals surface area contributed by atoms with Crippen LogP contribution in [-0.2, 0) is 19.0 Å². The molecule has 1 heterocycles. The van der Waals surface area contributed by atoms with Crippen molar-refractivity contribution < 1.29 is 19.0 Å². The molecule has 0 saturated carbocycles. The summed E-state index contributed by atoms with van der Waals surface area (Å²) in [7, 11) is 0. The zero-order valence-electron chi connectivity index (χ0n) is 10.2. The van der Waals surface area contributed by atoms with Gasteiger partial charge in [0.2, 0.25) is 0 Å². The minimum atomic E-state index is -0.764. The van der Waals surface area contributed by atoms with Gasteiger partial charge in [-0.2, -0.15) is 0 Å². The van der Waals surface area contributed by atoms with Crippen molar-refractivity contribution >= 4 is 5.97 Å². The third kappa shape index (κ3) is 3.43. The lowest BCUT2D eigenvalue weighted by Gasteiger charge is -2.32. The molecule has 0 spiro atoms. The van der Waals surface area contributed by atoms with Gasteiger partial charge < -0.3 is 19.5 Å². The third-order valence-corrected chi connectivity index (χ3v) is 2.51. The largest absolute Gasteiger partial charge is 0.465 e. The summed E-state index contributed by atoms with van der Waals surface area (Å²) in [6, 6.07) is 0. The SMILES string of the molecule is CCNC(C)(COC1COC1)C(=O)OCC. The van der Waals surface area contributed by atoms with E-state index in [9.17, 15) is 4.79 Å². The minimum absolute atomic E-state index is 0.118. The Morgan fingerprint density at radius 3 is 2.62 bits per heavy atom. The standard InChI is InChI=1S/C11H21NO4/c1-4-12-11(3,10(13)15-5-2)8-16-9-6-14-7-9/h9,12H,4-8H2,1-3H3. The quantitative estimate of drug-likeness (QED) is 0.640. The van der Waals surface area contributed by atoms with Crippen molar-refractivity contribution in [2.24, 2.45) is 0 Å². The molecule has 0 radical (unpaired) electrons. The van der Waals surface area contributed by atoms with Gasteiger partial charge in [-0.15, -0.1) is 0 Å². The second-order valence-electron chi connectivity index (χ2n) is 4.05. The lowest BCUT2D eigenvalue weighted by Crippen LogP contribution is -2.55. The first kappa shape index (κ1) is 13.4. The summed E-state index contributed by atoms with van der Waals surface area (Å²) in [5, 5.41) is 3.11. The Labute approximate surface area is 96.4 Å². The van der Waals surface area contributed by atoms with E-state index in [1.807, 2.05) is 6.92 Å². The number of nitrogens with one attached hydrogen (secondary N) is 1. The highest BCUT2D eigenvalue weighted by Gasteiger charge is 2.36. The van der Waals surface area contributed by atoms with Crippen molar-refractivity contribution in [2.75, 3.05) is 33.0 Å². The smallest absolute Gasteiger partial charge is 0.328 e. The molecule has 0 bridgehead atoms. The van der Waals surface area contributed by atoms with Gasteiger partial charge in [0, 0.05) is 0 Å². The zero-order chi connectivity index (χ0) is 12.0. The van der Waals surface area contributed by atoms with Crippen molar-refractivity contribution in [2.45, 2.75) is 32.4 Å². The number of hydrogen-bond donors (Lipinski definition) is 1. The molecule has 0 aromatic carbocycles. The number of carbonyl (C=O) groups is 1. The molecule has 0 aliphatic carbocycles. The molecule has 0 aromatic heterocycles. The fourth-order valence-electron chi connectivity index (χ4n) is 1.46. The highest BCUT2D eigenvalue weighted by Crippen LogP contribution is 2.12. The van der Waals surface area contributed by atoms with E-state index in [0.29, 0.717) is 33.0 Å². The number of esters is 1. The number of likely N-dealkylation sites (N-methyl/N-ethyl adjacent to an activating group) is 1. The molecular formula is C11H21NO4. The third-order valence-electron chi connectivity index (χ3n) is 2.51.